The van der Waals surface area contributed by atoms with E-state index in [4.69, 9.17) is 5.26 Å². The molecule has 0 aliphatic carbocycles. The van der Waals surface area contributed by atoms with E-state index in [1.165, 1.54) is 13.0 Å². The van der Waals surface area contributed by atoms with Crippen LogP contribution < -0.4 is 0 Å². The van der Waals surface area contributed by atoms with Crippen LogP contribution in [0.25, 0.3) is 0 Å². The number of rotatable bonds is 2. The zero-order valence-corrected chi connectivity index (χ0v) is 4.47. The molecule has 0 bridgehead atoms. The third-order valence-corrected chi connectivity index (χ3v) is 0.534. The predicted octanol–water partition coefficient (Wildman–Crippen LogP) is 0.0582. The van der Waals surface area contributed by atoms with E-state index >= 15 is 0 Å². The maximum Gasteiger partial charge on any atom is 0.239 e. The molecule has 0 spiro atoms. The quantitative estimate of drug-likeness (QED) is 0.374. The monoisotopic (exact) mass is 111 g/mol. The van der Waals surface area contributed by atoms with Crippen LogP contribution in [0.4, 0.5) is 0 Å². The summed E-state index contributed by atoms with van der Waals surface area (Å²) in [6, 6.07) is 1.34. The van der Waals surface area contributed by atoms with Gasteiger partial charge in [0.1, 0.15) is 11.9 Å². The van der Waals surface area contributed by atoms with Crippen LogP contribution in [0.3, 0.4) is 0 Å². The number of hydrogen-bond donors (Lipinski definition) is 0. The average Bonchev–Trinajstić information content (AvgIpc) is 1.65. The molecular formula is C5H5NO2. The molecule has 0 saturated heterocycles. The van der Waals surface area contributed by atoms with E-state index in [1.54, 1.807) is 0 Å². The molecule has 0 amide bonds. The van der Waals surface area contributed by atoms with Crippen LogP contribution in [-0.4, -0.2) is 11.6 Å². The first-order chi connectivity index (χ1) is 3.66. The molecular weight excluding hydrogens is 106 g/mol. The molecule has 0 radical (unpaired) electrons. The summed E-state index contributed by atoms with van der Waals surface area (Å²) in [5.74, 6) is -0.936. The van der Waals surface area contributed by atoms with Crippen LogP contribution in [0.1, 0.15) is 13.3 Å². The fourth-order valence-corrected chi connectivity index (χ4v) is 0.266. The summed E-state index contributed by atoms with van der Waals surface area (Å²) in [6.07, 6.45) is -0.253. The van der Waals surface area contributed by atoms with Crippen molar-refractivity contribution in [3.05, 3.63) is 0 Å². The summed E-state index contributed by atoms with van der Waals surface area (Å²) in [5.41, 5.74) is 0. The van der Waals surface area contributed by atoms with Gasteiger partial charge in [0.05, 0.1) is 6.42 Å². The van der Waals surface area contributed by atoms with Gasteiger partial charge >= 0.3 is 0 Å². The molecule has 0 atom stereocenters. The number of Topliss-reactive ketones (excluding diaryl/α,β-unsaturated/α-hetero) is 2. The Morgan fingerprint density at radius 1 is 1.62 bits per heavy atom. The maximum atomic E-state index is 10.0. The van der Waals surface area contributed by atoms with Crippen molar-refractivity contribution in [2.24, 2.45) is 0 Å². The number of hydrogen-bond acceptors (Lipinski definition) is 3. The second-order valence-corrected chi connectivity index (χ2v) is 1.41. The largest absolute Gasteiger partial charge is 0.299 e. The Kier molecular flexibility index (Phi) is 2.49. The summed E-state index contributed by atoms with van der Waals surface area (Å²) >= 11 is 0. The fourth-order valence-electron chi connectivity index (χ4n) is 0.266. The first-order valence-corrected chi connectivity index (χ1v) is 2.09. The highest BCUT2D eigenvalue weighted by Gasteiger charge is 2.00. The van der Waals surface area contributed by atoms with Crippen molar-refractivity contribution in [1.82, 2.24) is 0 Å². The van der Waals surface area contributed by atoms with E-state index in [0.717, 1.165) is 0 Å². The van der Waals surface area contributed by atoms with Crippen LogP contribution in [0.2, 0.25) is 0 Å². The van der Waals surface area contributed by atoms with Gasteiger partial charge in [0.25, 0.3) is 0 Å². The predicted molar refractivity (Wildman–Crippen MR) is 25.9 cm³/mol. The van der Waals surface area contributed by atoms with Crippen LogP contribution >= 0.6 is 0 Å². The molecule has 0 aromatic heterocycles. The minimum absolute atomic E-state index is 0.253. The van der Waals surface area contributed by atoms with Crippen molar-refractivity contribution in [2.45, 2.75) is 13.3 Å². The molecule has 0 unspecified atom stereocenters. The van der Waals surface area contributed by atoms with Crippen molar-refractivity contribution in [3.63, 3.8) is 0 Å². The molecule has 8 heavy (non-hydrogen) atoms. The first-order valence-electron chi connectivity index (χ1n) is 2.09. The lowest BCUT2D eigenvalue weighted by molar-refractivity contribution is -0.123. The number of nitriles is 1. The molecule has 0 aliphatic heterocycles. The van der Waals surface area contributed by atoms with E-state index in [0.29, 0.717) is 0 Å². The maximum absolute atomic E-state index is 10.0. The van der Waals surface area contributed by atoms with Gasteiger partial charge in [0.2, 0.25) is 5.78 Å². The van der Waals surface area contributed by atoms with Crippen LogP contribution in [0.5, 0.6) is 0 Å². The molecule has 0 aliphatic rings. The number of nitrogens with zero attached hydrogens (tertiary/aromatic N) is 1. The second-order valence-electron chi connectivity index (χ2n) is 1.41. The molecule has 0 rings (SSSR count). The third-order valence-electron chi connectivity index (χ3n) is 0.534. The van der Waals surface area contributed by atoms with Crippen molar-refractivity contribution >= 4 is 11.6 Å². The van der Waals surface area contributed by atoms with Gasteiger partial charge in [-0.1, -0.05) is 0 Å². The zero-order valence-electron chi connectivity index (χ0n) is 4.47. The standard InChI is InChI=1S/C5H5NO2/c1-4(7)2-5(8)3-6/h2H2,1H3. The summed E-state index contributed by atoms with van der Waals surface area (Å²) in [6.45, 7) is 1.27. The molecule has 0 aromatic rings. The van der Waals surface area contributed by atoms with Crippen molar-refractivity contribution < 1.29 is 9.59 Å². The van der Waals surface area contributed by atoms with Gasteiger partial charge in [-0.05, 0) is 6.92 Å². The minimum atomic E-state index is -0.669. The van der Waals surface area contributed by atoms with E-state index in [9.17, 15) is 9.59 Å². The zero-order chi connectivity index (χ0) is 6.57. The van der Waals surface area contributed by atoms with Gasteiger partial charge in [-0.25, -0.2) is 0 Å². The smallest absolute Gasteiger partial charge is 0.239 e. The van der Waals surface area contributed by atoms with Crippen LogP contribution in [0, 0.1) is 11.3 Å². The SMILES string of the molecule is CC(=O)CC(=O)C#N. The van der Waals surface area contributed by atoms with E-state index in [-0.39, 0.29) is 12.2 Å². The van der Waals surface area contributed by atoms with Crippen LogP contribution in [-0.2, 0) is 9.59 Å². The highest BCUT2D eigenvalue weighted by atomic mass is 16.1. The van der Waals surface area contributed by atoms with E-state index < -0.39 is 5.78 Å². The molecule has 3 heteroatoms. The highest BCUT2D eigenvalue weighted by molar-refractivity contribution is 6.05. The molecule has 0 N–H and O–H groups in total. The Labute approximate surface area is 46.9 Å². The fraction of sp³-hybridized carbons (Fsp3) is 0.400. The third kappa shape index (κ3) is 3.04. The van der Waals surface area contributed by atoms with Gasteiger partial charge in [0.15, 0.2) is 0 Å². The second kappa shape index (κ2) is 2.92. The Balaban J connectivity index is 3.61. The Bertz CT molecular complexity index is 154. The molecule has 0 fully saturated rings. The van der Waals surface area contributed by atoms with Crippen molar-refractivity contribution in [3.8, 4) is 6.07 Å². The summed E-state index contributed by atoms with van der Waals surface area (Å²) in [5, 5.41) is 7.83. The molecule has 0 saturated carbocycles. The highest BCUT2D eigenvalue weighted by Crippen LogP contribution is 1.80. The molecule has 42 valence electrons. The van der Waals surface area contributed by atoms with Gasteiger partial charge in [-0.3, -0.25) is 9.59 Å². The Morgan fingerprint density at radius 3 is 2.25 bits per heavy atom. The van der Waals surface area contributed by atoms with Gasteiger partial charge in [-0.2, -0.15) is 5.26 Å². The number of ketones is 2. The molecule has 3 nitrogen and oxygen atoms in total. The number of carbonyl (C=O) groups is 2. The van der Waals surface area contributed by atoms with Crippen molar-refractivity contribution in [2.75, 3.05) is 0 Å². The lowest BCUT2D eigenvalue weighted by Crippen LogP contribution is -1.99. The summed E-state index contributed by atoms with van der Waals surface area (Å²) in [7, 11) is 0. The van der Waals surface area contributed by atoms with Gasteiger partial charge < -0.3 is 0 Å². The van der Waals surface area contributed by atoms with E-state index in [2.05, 4.69) is 0 Å². The van der Waals surface area contributed by atoms with Gasteiger partial charge in [-0.15, -0.1) is 0 Å². The summed E-state index contributed by atoms with van der Waals surface area (Å²) < 4.78 is 0. The molecule has 0 heterocycles. The van der Waals surface area contributed by atoms with E-state index in [1.807, 2.05) is 0 Å². The van der Waals surface area contributed by atoms with Crippen molar-refractivity contribution in [1.29, 1.82) is 5.26 Å². The first kappa shape index (κ1) is 6.83. The lowest BCUT2D eigenvalue weighted by Gasteiger charge is -1.79. The normalized spacial score (nSPS) is 7.50. The Hall–Kier alpha value is -1.17. The minimum Gasteiger partial charge on any atom is -0.299 e. The molecule has 0 aromatic carbocycles. The average molecular weight is 111 g/mol. The topological polar surface area (TPSA) is 57.9 Å². The van der Waals surface area contributed by atoms with Crippen LogP contribution in [0.15, 0.2) is 0 Å². The lowest BCUT2D eigenvalue weighted by atomic mass is 10.2. The Morgan fingerprint density at radius 2 is 2.12 bits per heavy atom. The van der Waals surface area contributed by atoms with Gasteiger partial charge in [0, 0.05) is 0 Å². The number of carbonyl (C=O) groups excluding carboxylic acids is 2. The summed E-state index contributed by atoms with van der Waals surface area (Å²) in [4.78, 5) is 20.1.